The Balaban J connectivity index is 2.11. The number of rotatable bonds is 5. The zero-order valence-corrected chi connectivity index (χ0v) is 11.6. The van der Waals surface area contributed by atoms with Crippen LogP contribution in [0.4, 0.5) is 5.69 Å². The SMILES string of the molecule is CSC[C@@](C)(O)CNc1ccnc2ccsc12. The van der Waals surface area contributed by atoms with Crippen LogP contribution in [-0.4, -0.2) is 34.2 Å². The number of fused-ring (bicyclic) bond motifs is 1. The number of nitrogens with one attached hydrogen (secondary N) is 1. The van der Waals surface area contributed by atoms with Crippen LogP contribution in [-0.2, 0) is 0 Å². The maximum Gasteiger partial charge on any atom is 0.0880 e. The van der Waals surface area contributed by atoms with Crippen LogP contribution in [0.15, 0.2) is 23.7 Å². The molecule has 0 aliphatic carbocycles. The molecule has 0 aliphatic rings. The van der Waals surface area contributed by atoms with Crippen molar-refractivity contribution in [3.63, 3.8) is 0 Å². The number of pyridine rings is 1. The largest absolute Gasteiger partial charge is 0.387 e. The number of anilines is 1. The fourth-order valence-electron chi connectivity index (χ4n) is 1.66. The van der Waals surface area contributed by atoms with Crippen molar-refractivity contribution >= 4 is 39.0 Å². The summed E-state index contributed by atoms with van der Waals surface area (Å²) in [4.78, 5) is 4.29. The number of aliphatic hydroxyl groups is 1. The fraction of sp³-hybridized carbons (Fsp3) is 0.417. The van der Waals surface area contributed by atoms with E-state index in [9.17, 15) is 5.11 Å². The van der Waals surface area contributed by atoms with E-state index in [2.05, 4.69) is 10.3 Å². The maximum atomic E-state index is 10.1. The van der Waals surface area contributed by atoms with Crippen LogP contribution in [0, 0.1) is 0 Å². The maximum absolute atomic E-state index is 10.1. The molecule has 17 heavy (non-hydrogen) atoms. The predicted molar refractivity (Wildman–Crippen MR) is 77.1 cm³/mol. The summed E-state index contributed by atoms with van der Waals surface area (Å²) in [5.41, 5.74) is 1.36. The molecule has 0 saturated carbocycles. The van der Waals surface area contributed by atoms with Gasteiger partial charge in [-0.1, -0.05) is 0 Å². The molecule has 0 fully saturated rings. The molecule has 0 aliphatic heterocycles. The van der Waals surface area contributed by atoms with E-state index in [0.717, 1.165) is 21.7 Å². The van der Waals surface area contributed by atoms with Crippen molar-refractivity contribution in [2.24, 2.45) is 0 Å². The average molecular weight is 268 g/mol. The van der Waals surface area contributed by atoms with E-state index in [1.165, 1.54) is 0 Å². The molecular weight excluding hydrogens is 252 g/mol. The molecule has 2 rings (SSSR count). The highest BCUT2D eigenvalue weighted by Crippen LogP contribution is 2.27. The van der Waals surface area contributed by atoms with Crippen molar-refractivity contribution in [1.29, 1.82) is 0 Å². The molecule has 2 aromatic rings. The van der Waals surface area contributed by atoms with Crippen LogP contribution < -0.4 is 5.32 Å². The molecule has 5 heteroatoms. The average Bonchev–Trinajstić information content (AvgIpc) is 2.74. The summed E-state index contributed by atoms with van der Waals surface area (Å²) in [5, 5.41) is 15.4. The second kappa shape index (κ2) is 5.25. The number of aromatic nitrogens is 1. The summed E-state index contributed by atoms with van der Waals surface area (Å²) in [6, 6.07) is 3.96. The molecule has 1 atom stereocenters. The highest BCUT2D eigenvalue weighted by Gasteiger charge is 2.19. The summed E-state index contributed by atoms with van der Waals surface area (Å²) in [5.74, 6) is 0.721. The van der Waals surface area contributed by atoms with Gasteiger partial charge in [-0.25, -0.2) is 0 Å². The van der Waals surface area contributed by atoms with E-state index in [1.807, 2.05) is 30.7 Å². The molecule has 0 saturated heterocycles. The first-order chi connectivity index (χ1) is 8.12. The van der Waals surface area contributed by atoms with Gasteiger partial charge in [-0.3, -0.25) is 4.98 Å². The highest BCUT2D eigenvalue weighted by atomic mass is 32.2. The molecule has 0 unspecified atom stereocenters. The van der Waals surface area contributed by atoms with Crippen LogP contribution in [0.1, 0.15) is 6.92 Å². The number of hydrogen-bond acceptors (Lipinski definition) is 5. The van der Waals surface area contributed by atoms with Crippen molar-refractivity contribution in [3.8, 4) is 0 Å². The van der Waals surface area contributed by atoms with Crippen LogP contribution in [0.5, 0.6) is 0 Å². The van der Waals surface area contributed by atoms with Crippen molar-refractivity contribution in [1.82, 2.24) is 4.98 Å². The second-order valence-electron chi connectivity index (χ2n) is 4.28. The number of nitrogens with zero attached hydrogens (tertiary/aromatic N) is 1. The smallest absolute Gasteiger partial charge is 0.0880 e. The summed E-state index contributed by atoms with van der Waals surface area (Å²) in [6.45, 7) is 2.40. The molecule has 0 aromatic carbocycles. The monoisotopic (exact) mass is 268 g/mol. The zero-order valence-electron chi connectivity index (χ0n) is 9.93. The van der Waals surface area contributed by atoms with Gasteiger partial charge in [0.05, 0.1) is 21.5 Å². The Kier molecular flexibility index (Phi) is 3.91. The van der Waals surface area contributed by atoms with E-state index in [4.69, 9.17) is 0 Å². The molecule has 92 valence electrons. The van der Waals surface area contributed by atoms with E-state index >= 15 is 0 Å². The lowest BCUT2D eigenvalue weighted by atomic mass is 10.1. The minimum absolute atomic E-state index is 0.546. The minimum atomic E-state index is -0.688. The van der Waals surface area contributed by atoms with E-state index in [0.29, 0.717) is 6.54 Å². The standard InChI is InChI=1S/C12H16N2OS2/c1-12(15,8-16-2)7-14-9-3-5-13-10-4-6-17-11(9)10/h3-6,15H,7-8H2,1-2H3,(H,13,14)/t12-/m0/s1. The quantitative estimate of drug-likeness (QED) is 0.875. The Morgan fingerprint density at radius 2 is 2.35 bits per heavy atom. The first-order valence-electron chi connectivity index (χ1n) is 5.40. The summed E-state index contributed by atoms with van der Waals surface area (Å²) in [6.07, 6.45) is 3.79. The lowest BCUT2D eigenvalue weighted by Crippen LogP contribution is -2.36. The molecule has 0 spiro atoms. The molecule has 0 bridgehead atoms. The Hall–Kier alpha value is -0.780. The molecule has 0 amide bonds. The van der Waals surface area contributed by atoms with Crippen LogP contribution in [0.3, 0.4) is 0 Å². The Labute approximate surface area is 109 Å². The van der Waals surface area contributed by atoms with Crippen molar-refractivity contribution in [2.45, 2.75) is 12.5 Å². The third-order valence-electron chi connectivity index (χ3n) is 2.46. The normalized spacial score (nSPS) is 14.8. The van der Waals surface area contributed by atoms with Gasteiger partial charge in [0.25, 0.3) is 0 Å². The lowest BCUT2D eigenvalue weighted by Gasteiger charge is -2.23. The minimum Gasteiger partial charge on any atom is -0.387 e. The predicted octanol–water partition coefficient (Wildman–Crippen LogP) is 2.82. The van der Waals surface area contributed by atoms with Gasteiger partial charge in [-0.2, -0.15) is 11.8 Å². The highest BCUT2D eigenvalue weighted by molar-refractivity contribution is 7.98. The van der Waals surface area contributed by atoms with Crippen molar-refractivity contribution in [2.75, 3.05) is 23.9 Å². The molecular formula is C12H16N2OS2. The van der Waals surface area contributed by atoms with Crippen LogP contribution >= 0.6 is 23.1 Å². The molecule has 2 aromatic heterocycles. The van der Waals surface area contributed by atoms with Crippen molar-refractivity contribution in [3.05, 3.63) is 23.7 Å². The number of thiophene rings is 1. The van der Waals surface area contributed by atoms with E-state index < -0.39 is 5.60 Å². The summed E-state index contributed by atoms with van der Waals surface area (Å²) in [7, 11) is 0. The summed E-state index contributed by atoms with van der Waals surface area (Å²) < 4.78 is 1.15. The topological polar surface area (TPSA) is 45.1 Å². The number of hydrogen-bond donors (Lipinski definition) is 2. The second-order valence-corrected chi connectivity index (χ2v) is 6.06. The Bertz CT molecular complexity index is 496. The molecule has 0 radical (unpaired) electrons. The van der Waals surface area contributed by atoms with Crippen molar-refractivity contribution < 1.29 is 5.11 Å². The molecule has 3 nitrogen and oxygen atoms in total. The van der Waals surface area contributed by atoms with Crippen LogP contribution in [0.2, 0.25) is 0 Å². The van der Waals surface area contributed by atoms with E-state index in [-0.39, 0.29) is 0 Å². The van der Waals surface area contributed by atoms with Gasteiger partial charge in [-0.15, -0.1) is 11.3 Å². The Morgan fingerprint density at radius 1 is 1.53 bits per heavy atom. The third-order valence-corrected chi connectivity index (χ3v) is 4.31. The van der Waals surface area contributed by atoms with Gasteiger partial charge in [0, 0.05) is 18.5 Å². The zero-order chi connectivity index (χ0) is 12.3. The van der Waals surface area contributed by atoms with Gasteiger partial charge in [0.2, 0.25) is 0 Å². The first-order valence-corrected chi connectivity index (χ1v) is 7.67. The first kappa shape index (κ1) is 12.7. The lowest BCUT2D eigenvalue weighted by molar-refractivity contribution is 0.0997. The third kappa shape index (κ3) is 3.12. The van der Waals surface area contributed by atoms with Gasteiger partial charge >= 0.3 is 0 Å². The van der Waals surface area contributed by atoms with Gasteiger partial charge in [0.15, 0.2) is 0 Å². The molecule has 2 N–H and O–H groups in total. The van der Waals surface area contributed by atoms with Gasteiger partial charge < -0.3 is 10.4 Å². The number of thioether (sulfide) groups is 1. The Morgan fingerprint density at radius 3 is 3.12 bits per heavy atom. The van der Waals surface area contributed by atoms with Gasteiger partial charge in [-0.05, 0) is 30.7 Å². The summed E-state index contributed by atoms with van der Waals surface area (Å²) >= 11 is 3.32. The van der Waals surface area contributed by atoms with Crippen LogP contribution in [0.25, 0.3) is 10.2 Å². The van der Waals surface area contributed by atoms with E-state index in [1.54, 1.807) is 29.3 Å². The van der Waals surface area contributed by atoms with Gasteiger partial charge in [0.1, 0.15) is 0 Å². The molecule has 2 heterocycles. The fourth-order valence-corrected chi connectivity index (χ4v) is 3.23.